The summed E-state index contributed by atoms with van der Waals surface area (Å²) in [6, 6.07) is 2.98. The molecule has 0 aromatic carbocycles. The lowest BCUT2D eigenvalue weighted by Crippen LogP contribution is -1.97. The lowest BCUT2D eigenvalue weighted by atomic mass is 10.3. The molecule has 0 unspecified atom stereocenters. The second-order valence-corrected chi connectivity index (χ2v) is 4.89. The predicted octanol–water partition coefficient (Wildman–Crippen LogP) is 1.19. The van der Waals surface area contributed by atoms with E-state index in [-0.39, 0.29) is 16.2 Å². The molecule has 0 aliphatic heterocycles. The minimum atomic E-state index is -3.81. The third kappa shape index (κ3) is 2.17. The van der Waals surface area contributed by atoms with Gasteiger partial charge >= 0.3 is 0 Å². The van der Waals surface area contributed by atoms with Crippen LogP contribution in [0.3, 0.4) is 0 Å². The number of aromatic nitrogens is 1. The number of hydrogen-bond acceptors (Lipinski definition) is 4. The molecule has 0 saturated heterocycles. The van der Waals surface area contributed by atoms with Gasteiger partial charge in [-0.2, -0.15) is 5.26 Å². The summed E-state index contributed by atoms with van der Waals surface area (Å²) in [4.78, 5) is 3.61. The Morgan fingerprint density at radius 3 is 2.69 bits per heavy atom. The molecule has 4 nitrogen and oxygen atoms in total. The number of halogens is 1. The molecule has 0 saturated carbocycles. The zero-order valence-electron chi connectivity index (χ0n) is 6.65. The van der Waals surface area contributed by atoms with E-state index in [2.05, 4.69) is 4.98 Å². The highest BCUT2D eigenvalue weighted by atomic mass is 35.7. The van der Waals surface area contributed by atoms with Gasteiger partial charge in [-0.3, -0.25) is 4.98 Å². The quantitative estimate of drug-likeness (QED) is 0.661. The van der Waals surface area contributed by atoms with Crippen molar-refractivity contribution in [1.82, 2.24) is 4.98 Å². The van der Waals surface area contributed by atoms with E-state index in [9.17, 15) is 8.42 Å². The van der Waals surface area contributed by atoms with E-state index in [4.69, 9.17) is 15.9 Å². The van der Waals surface area contributed by atoms with Crippen molar-refractivity contribution in [3.8, 4) is 6.07 Å². The highest BCUT2D eigenvalue weighted by Gasteiger charge is 2.14. The van der Waals surface area contributed by atoms with Gasteiger partial charge in [0.05, 0.1) is 11.3 Å². The molecule has 0 aliphatic carbocycles. The van der Waals surface area contributed by atoms with Crippen LogP contribution in [0.5, 0.6) is 0 Å². The fourth-order valence-electron chi connectivity index (χ4n) is 0.821. The van der Waals surface area contributed by atoms with Gasteiger partial charge in [0.2, 0.25) is 0 Å². The van der Waals surface area contributed by atoms with Crippen LogP contribution in [0.1, 0.15) is 11.3 Å². The molecular weight excluding hydrogens is 212 g/mol. The number of nitriles is 1. The van der Waals surface area contributed by atoms with E-state index >= 15 is 0 Å². The summed E-state index contributed by atoms with van der Waals surface area (Å²) in [5, 5.41) is 8.49. The average Bonchev–Trinajstić information content (AvgIpc) is 2.03. The fraction of sp³-hybridized carbons (Fsp3) is 0.143. The Bertz CT molecular complexity index is 476. The second kappa shape index (κ2) is 3.32. The lowest BCUT2D eigenvalue weighted by molar-refractivity contribution is 0.608. The van der Waals surface area contributed by atoms with Crippen molar-refractivity contribution in [3.63, 3.8) is 0 Å². The summed E-state index contributed by atoms with van der Waals surface area (Å²) in [7, 11) is 1.31. The Hall–Kier alpha value is -1.12. The third-order valence-electron chi connectivity index (χ3n) is 1.43. The van der Waals surface area contributed by atoms with Crippen molar-refractivity contribution in [2.75, 3.05) is 0 Å². The number of rotatable bonds is 1. The van der Waals surface area contributed by atoms with Gasteiger partial charge in [-0.25, -0.2) is 8.42 Å². The number of nitrogens with zero attached hydrogens (tertiary/aromatic N) is 2. The zero-order valence-corrected chi connectivity index (χ0v) is 8.22. The Morgan fingerprint density at radius 2 is 2.23 bits per heavy atom. The molecule has 1 rings (SSSR count). The number of hydrogen-bond donors (Lipinski definition) is 0. The maximum atomic E-state index is 10.9. The average molecular weight is 217 g/mol. The van der Waals surface area contributed by atoms with Gasteiger partial charge in [-0.05, 0) is 13.0 Å². The maximum absolute atomic E-state index is 10.9. The largest absolute Gasteiger partial charge is 0.263 e. The molecule has 0 spiro atoms. The van der Waals surface area contributed by atoms with Crippen molar-refractivity contribution in [3.05, 3.63) is 23.5 Å². The molecule has 0 fully saturated rings. The topological polar surface area (TPSA) is 70.8 Å². The van der Waals surface area contributed by atoms with Crippen molar-refractivity contribution in [2.45, 2.75) is 11.8 Å². The van der Waals surface area contributed by atoms with Crippen LogP contribution in [0.2, 0.25) is 0 Å². The van der Waals surface area contributed by atoms with Gasteiger partial charge in [0.1, 0.15) is 11.0 Å². The Morgan fingerprint density at radius 1 is 1.62 bits per heavy atom. The van der Waals surface area contributed by atoms with E-state index in [1.165, 1.54) is 19.2 Å². The van der Waals surface area contributed by atoms with Crippen LogP contribution in [-0.2, 0) is 9.05 Å². The van der Waals surface area contributed by atoms with Gasteiger partial charge in [0.15, 0.2) is 0 Å². The molecule has 0 aliphatic rings. The van der Waals surface area contributed by atoms with Crippen LogP contribution in [0.4, 0.5) is 0 Å². The van der Waals surface area contributed by atoms with Gasteiger partial charge in [0.25, 0.3) is 9.05 Å². The zero-order chi connectivity index (χ0) is 10.1. The minimum Gasteiger partial charge on any atom is -0.259 e. The first kappa shape index (κ1) is 9.96. The molecule has 0 radical (unpaired) electrons. The summed E-state index contributed by atoms with van der Waals surface area (Å²) >= 11 is 0. The molecule has 1 aromatic heterocycles. The molecule has 1 aromatic rings. The highest BCUT2D eigenvalue weighted by molar-refractivity contribution is 8.13. The van der Waals surface area contributed by atoms with E-state index < -0.39 is 9.05 Å². The third-order valence-corrected chi connectivity index (χ3v) is 2.87. The molecule has 6 heteroatoms. The fourth-order valence-corrected chi connectivity index (χ4v) is 1.96. The molecule has 0 N–H and O–H groups in total. The van der Waals surface area contributed by atoms with Gasteiger partial charge in [-0.15, -0.1) is 0 Å². The Balaban J connectivity index is 3.47. The van der Waals surface area contributed by atoms with Crippen LogP contribution >= 0.6 is 10.7 Å². The highest BCUT2D eigenvalue weighted by Crippen LogP contribution is 2.18. The molecular formula is C7H5ClN2O2S. The summed E-state index contributed by atoms with van der Waals surface area (Å²) in [5.74, 6) is 0. The van der Waals surface area contributed by atoms with Gasteiger partial charge in [0, 0.05) is 16.9 Å². The molecule has 0 atom stereocenters. The molecule has 1 heterocycles. The maximum Gasteiger partial charge on any atom is 0.263 e. The summed E-state index contributed by atoms with van der Waals surface area (Å²) < 4.78 is 21.9. The van der Waals surface area contributed by atoms with Crippen molar-refractivity contribution in [2.24, 2.45) is 0 Å². The summed E-state index contributed by atoms with van der Waals surface area (Å²) in [6.45, 7) is 1.51. The van der Waals surface area contributed by atoms with Crippen LogP contribution in [0.15, 0.2) is 17.2 Å². The van der Waals surface area contributed by atoms with E-state index in [0.717, 1.165) is 0 Å². The predicted molar refractivity (Wildman–Crippen MR) is 46.7 cm³/mol. The Kier molecular flexibility index (Phi) is 2.55. The van der Waals surface area contributed by atoms with E-state index in [1.54, 1.807) is 6.07 Å². The van der Waals surface area contributed by atoms with Gasteiger partial charge < -0.3 is 0 Å². The van der Waals surface area contributed by atoms with Crippen molar-refractivity contribution < 1.29 is 8.42 Å². The lowest BCUT2D eigenvalue weighted by Gasteiger charge is -1.99. The van der Waals surface area contributed by atoms with Crippen LogP contribution in [0.25, 0.3) is 0 Å². The smallest absolute Gasteiger partial charge is 0.259 e. The van der Waals surface area contributed by atoms with Crippen LogP contribution < -0.4 is 0 Å². The first-order valence-corrected chi connectivity index (χ1v) is 5.57. The molecule has 68 valence electrons. The van der Waals surface area contributed by atoms with E-state index in [1.807, 2.05) is 0 Å². The SMILES string of the molecule is Cc1ncc(C#N)cc1S(=O)(=O)Cl. The first-order valence-electron chi connectivity index (χ1n) is 3.26. The standard InChI is InChI=1S/C7H5ClN2O2S/c1-5-7(13(8,11)12)2-6(3-9)4-10-5/h2,4H,1H3. The molecule has 0 bridgehead atoms. The van der Waals surface area contributed by atoms with E-state index in [0.29, 0.717) is 0 Å². The number of aryl methyl sites for hydroxylation is 1. The van der Waals surface area contributed by atoms with Crippen molar-refractivity contribution in [1.29, 1.82) is 5.26 Å². The number of pyridine rings is 1. The monoisotopic (exact) mass is 216 g/mol. The molecule has 0 amide bonds. The normalized spacial score (nSPS) is 10.8. The Labute approximate surface area is 80.2 Å². The van der Waals surface area contributed by atoms with Crippen LogP contribution in [0, 0.1) is 18.3 Å². The minimum absolute atomic E-state index is 0.117. The molecule has 13 heavy (non-hydrogen) atoms. The summed E-state index contributed by atoms with van der Waals surface area (Å²) in [6.07, 6.45) is 1.29. The second-order valence-electron chi connectivity index (χ2n) is 2.36. The van der Waals surface area contributed by atoms with Crippen molar-refractivity contribution >= 4 is 19.7 Å². The van der Waals surface area contributed by atoms with Crippen LogP contribution in [-0.4, -0.2) is 13.4 Å². The first-order chi connectivity index (χ1) is 5.95. The van der Waals surface area contributed by atoms with Gasteiger partial charge in [-0.1, -0.05) is 0 Å². The summed E-state index contributed by atoms with van der Waals surface area (Å²) in [5.41, 5.74) is 0.457.